The van der Waals surface area contributed by atoms with Crippen LogP contribution in [0.2, 0.25) is 0 Å². The summed E-state index contributed by atoms with van der Waals surface area (Å²) in [6.45, 7) is 1.66. The molecule has 124 valence electrons. The van der Waals surface area contributed by atoms with Crippen LogP contribution in [0.1, 0.15) is 5.56 Å². The molecule has 1 fully saturated rings. The molecule has 0 saturated carbocycles. The van der Waals surface area contributed by atoms with E-state index in [1.54, 1.807) is 29.5 Å². The first-order valence-corrected chi connectivity index (χ1v) is 8.00. The van der Waals surface area contributed by atoms with Crippen LogP contribution in [0.4, 0.5) is 10.1 Å². The first-order chi connectivity index (χ1) is 12.2. The van der Waals surface area contributed by atoms with Crippen LogP contribution in [0.25, 0.3) is 21.9 Å². The number of aromatic nitrogens is 1. The third-order valence-electron chi connectivity index (χ3n) is 4.59. The number of anilines is 1. The SMILES string of the molecule is N#Cc1cc(-c2cc(N(N)C3CNC3)c3cnccc3c2)ccc1F. The van der Waals surface area contributed by atoms with Gasteiger partial charge in [-0.05, 0) is 46.8 Å². The van der Waals surface area contributed by atoms with Crippen LogP contribution in [0.3, 0.4) is 0 Å². The van der Waals surface area contributed by atoms with Crippen LogP contribution < -0.4 is 16.2 Å². The summed E-state index contributed by atoms with van der Waals surface area (Å²) in [6.07, 6.45) is 3.53. The Hall–Kier alpha value is -3.01. The zero-order valence-corrected chi connectivity index (χ0v) is 13.4. The van der Waals surface area contributed by atoms with Gasteiger partial charge in [0.25, 0.3) is 0 Å². The first kappa shape index (κ1) is 15.5. The molecular weight excluding hydrogens is 317 g/mol. The normalized spacial score (nSPS) is 14.1. The van der Waals surface area contributed by atoms with Gasteiger partial charge in [0, 0.05) is 30.9 Å². The van der Waals surface area contributed by atoms with Crippen LogP contribution in [0, 0.1) is 17.1 Å². The Morgan fingerprint density at radius 3 is 2.76 bits per heavy atom. The zero-order chi connectivity index (χ0) is 17.4. The molecule has 4 rings (SSSR count). The quantitative estimate of drug-likeness (QED) is 0.569. The molecule has 1 aromatic heterocycles. The summed E-state index contributed by atoms with van der Waals surface area (Å²) in [6, 6.07) is 12.6. The van der Waals surface area contributed by atoms with Crippen molar-refractivity contribution < 1.29 is 4.39 Å². The van der Waals surface area contributed by atoms with E-state index in [0.29, 0.717) is 0 Å². The average molecular weight is 333 g/mol. The third kappa shape index (κ3) is 2.70. The lowest BCUT2D eigenvalue weighted by atomic mass is 9.98. The smallest absolute Gasteiger partial charge is 0.140 e. The molecule has 6 heteroatoms. The number of fused-ring (bicyclic) bond motifs is 1. The van der Waals surface area contributed by atoms with Gasteiger partial charge in [-0.1, -0.05) is 6.07 Å². The summed E-state index contributed by atoms with van der Waals surface area (Å²) in [5.74, 6) is 5.83. The predicted octanol–water partition coefficient (Wildman–Crippen LogP) is 2.56. The molecule has 0 aliphatic carbocycles. The molecule has 1 aliphatic heterocycles. The molecule has 2 heterocycles. The number of halogens is 1. The lowest BCUT2D eigenvalue weighted by Gasteiger charge is -2.37. The molecule has 25 heavy (non-hydrogen) atoms. The van der Waals surface area contributed by atoms with Crippen molar-refractivity contribution in [2.45, 2.75) is 6.04 Å². The van der Waals surface area contributed by atoms with Gasteiger partial charge in [0.1, 0.15) is 11.9 Å². The van der Waals surface area contributed by atoms with E-state index in [1.807, 2.05) is 24.3 Å². The molecule has 1 aliphatic rings. The maximum Gasteiger partial charge on any atom is 0.140 e. The number of hydrazine groups is 1. The van der Waals surface area contributed by atoms with Crippen molar-refractivity contribution in [3.05, 3.63) is 60.2 Å². The fourth-order valence-corrected chi connectivity index (χ4v) is 3.02. The Kier molecular flexibility index (Phi) is 3.80. The number of hydrogen-bond donors (Lipinski definition) is 2. The molecule has 1 saturated heterocycles. The summed E-state index contributed by atoms with van der Waals surface area (Å²) in [5.41, 5.74) is 2.56. The van der Waals surface area contributed by atoms with Gasteiger partial charge in [0.05, 0.1) is 17.3 Å². The second kappa shape index (κ2) is 6.13. The second-order valence-electron chi connectivity index (χ2n) is 6.12. The Morgan fingerprint density at radius 1 is 1.20 bits per heavy atom. The number of benzene rings is 2. The highest BCUT2D eigenvalue weighted by atomic mass is 19.1. The Bertz CT molecular complexity index is 991. The predicted molar refractivity (Wildman–Crippen MR) is 95.2 cm³/mol. The highest BCUT2D eigenvalue weighted by Crippen LogP contribution is 2.33. The first-order valence-electron chi connectivity index (χ1n) is 8.00. The number of nitrogens with zero attached hydrogens (tertiary/aromatic N) is 3. The van der Waals surface area contributed by atoms with Gasteiger partial charge < -0.3 is 10.3 Å². The van der Waals surface area contributed by atoms with E-state index in [0.717, 1.165) is 40.7 Å². The molecule has 5 nitrogen and oxygen atoms in total. The number of nitrogens with two attached hydrogens (primary N) is 1. The minimum Gasteiger partial charge on any atom is -0.312 e. The molecule has 0 unspecified atom stereocenters. The summed E-state index contributed by atoms with van der Waals surface area (Å²) in [5, 5.41) is 16.0. The Labute approximate surface area is 144 Å². The molecule has 3 N–H and O–H groups in total. The van der Waals surface area contributed by atoms with Crippen LogP contribution in [0.15, 0.2) is 48.8 Å². The summed E-state index contributed by atoms with van der Waals surface area (Å²) < 4.78 is 13.6. The highest BCUT2D eigenvalue weighted by molar-refractivity contribution is 5.97. The molecule has 0 radical (unpaired) electrons. The van der Waals surface area contributed by atoms with Crippen molar-refractivity contribution in [1.82, 2.24) is 10.3 Å². The fourth-order valence-electron chi connectivity index (χ4n) is 3.02. The lowest BCUT2D eigenvalue weighted by molar-refractivity contribution is 0.418. The molecule has 3 aromatic rings. The fraction of sp³-hybridized carbons (Fsp3) is 0.158. The van der Waals surface area contributed by atoms with Crippen LogP contribution in [0.5, 0.6) is 0 Å². The molecule has 2 aromatic carbocycles. The maximum absolute atomic E-state index is 13.6. The number of nitriles is 1. The molecule has 0 amide bonds. The Balaban J connectivity index is 1.89. The number of nitrogens with one attached hydrogen (secondary N) is 1. The number of rotatable bonds is 3. The van der Waals surface area contributed by atoms with E-state index in [4.69, 9.17) is 11.1 Å². The van der Waals surface area contributed by atoms with E-state index in [9.17, 15) is 4.39 Å². The Morgan fingerprint density at radius 2 is 2.04 bits per heavy atom. The van der Waals surface area contributed by atoms with Gasteiger partial charge >= 0.3 is 0 Å². The van der Waals surface area contributed by atoms with E-state index in [-0.39, 0.29) is 11.6 Å². The van der Waals surface area contributed by atoms with Gasteiger partial charge in [-0.3, -0.25) is 4.98 Å². The minimum atomic E-state index is -0.516. The maximum atomic E-state index is 13.6. The van der Waals surface area contributed by atoms with E-state index < -0.39 is 5.82 Å². The third-order valence-corrected chi connectivity index (χ3v) is 4.59. The lowest BCUT2D eigenvalue weighted by Crippen LogP contribution is -2.60. The van der Waals surface area contributed by atoms with Crippen molar-refractivity contribution >= 4 is 16.5 Å². The molecule has 0 bridgehead atoms. The van der Waals surface area contributed by atoms with Crippen LogP contribution >= 0.6 is 0 Å². The standard InChI is InChI=1S/C19H16FN5/c20-18-2-1-12(5-15(18)8-21)14-6-13-3-4-23-11-17(13)19(7-14)25(22)16-9-24-10-16/h1-7,11,16,24H,9-10,22H2. The van der Waals surface area contributed by atoms with E-state index in [2.05, 4.69) is 10.3 Å². The zero-order valence-electron chi connectivity index (χ0n) is 13.4. The van der Waals surface area contributed by atoms with Gasteiger partial charge in [0.2, 0.25) is 0 Å². The van der Waals surface area contributed by atoms with Gasteiger partial charge in [-0.25, -0.2) is 10.2 Å². The van der Waals surface area contributed by atoms with Crippen molar-refractivity contribution in [1.29, 1.82) is 5.26 Å². The largest absolute Gasteiger partial charge is 0.312 e. The van der Waals surface area contributed by atoms with Gasteiger partial charge in [0.15, 0.2) is 0 Å². The van der Waals surface area contributed by atoms with E-state index in [1.165, 1.54) is 6.07 Å². The second-order valence-corrected chi connectivity index (χ2v) is 6.12. The number of pyridine rings is 1. The molecular formula is C19H16FN5. The summed E-state index contributed by atoms with van der Waals surface area (Å²) in [4.78, 5) is 4.21. The van der Waals surface area contributed by atoms with Crippen molar-refractivity contribution in [2.75, 3.05) is 18.1 Å². The van der Waals surface area contributed by atoms with Crippen LogP contribution in [-0.4, -0.2) is 24.1 Å². The van der Waals surface area contributed by atoms with Gasteiger partial charge in [-0.15, -0.1) is 0 Å². The van der Waals surface area contributed by atoms with Gasteiger partial charge in [-0.2, -0.15) is 5.26 Å². The summed E-state index contributed by atoms with van der Waals surface area (Å²) >= 11 is 0. The average Bonchev–Trinajstić information content (AvgIpc) is 2.59. The number of hydrogen-bond acceptors (Lipinski definition) is 5. The van der Waals surface area contributed by atoms with Crippen molar-refractivity contribution in [3.8, 4) is 17.2 Å². The van der Waals surface area contributed by atoms with Crippen molar-refractivity contribution in [3.63, 3.8) is 0 Å². The highest BCUT2D eigenvalue weighted by Gasteiger charge is 2.24. The molecule has 0 spiro atoms. The minimum absolute atomic E-state index is 0.0293. The topological polar surface area (TPSA) is 78.0 Å². The van der Waals surface area contributed by atoms with Crippen LogP contribution in [-0.2, 0) is 0 Å². The summed E-state index contributed by atoms with van der Waals surface area (Å²) in [7, 11) is 0. The monoisotopic (exact) mass is 333 g/mol. The molecule has 0 atom stereocenters. The van der Waals surface area contributed by atoms with E-state index >= 15 is 0 Å². The van der Waals surface area contributed by atoms with Crippen molar-refractivity contribution in [2.24, 2.45) is 5.84 Å².